The molecule has 15 nitrogen and oxygen atoms in total. The first kappa shape index (κ1) is 38.6. The van der Waals surface area contributed by atoms with Crippen LogP contribution in [0.4, 0.5) is 15.3 Å². The summed E-state index contributed by atoms with van der Waals surface area (Å²) in [5, 5.41) is 5.49. The van der Waals surface area contributed by atoms with Crippen molar-refractivity contribution in [3.63, 3.8) is 0 Å². The monoisotopic (exact) mass is 764 g/mol. The number of carbonyl (C=O) groups is 5. The van der Waals surface area contributed by atoms with Gasteiger partial charge in [-0.1, -0.05) is 49.3 Å². The number of carbonyl (C=O) groups excluding carboxylic acids is 5. The maximum atomic E-state index is 14.4. The number of allylic oxidation sites excluding steroid dienone is 1. The number of anilines is 1. The van der Waals surface area contributed by atoms with Crippen molar-refractivity contribution >= 4 is 45.6 Å². The van der Waals surface area contributed by atoms with Gasteiger partial charge in [-0.05, 0) is 81.8 Å². The van der Waals surface area contributed by atoms with Crippen LogP contribution in [0.15, 0.2) is 65.6 Å². The van der Waals surface area contributed by atoms with Gasteiger partial charge < -0.3 is 30.7 Å². The van der Waals surface area contributed by atoms with Gasteiger partial charge in [0, 0.05) is 31.1 Å². The number of nitrogens with one attached hydrogen (secondary N) is 3. The van der Waals surface area contributed by atoms with E-state index in [4.69, 9.17) is 15.2 Å². The summed E-state index contributed by atoms with van der Waals surface area (Å²) in [5.74, 6) is -2.75. The topological polar surface area (TPSA) is 207 Å². The summed E-state index contributed by atoms with van der Waals surface area (Å²) in [6, 6.07) is 10.7. The van der Waals surface area contributed by atoms with E-state index >= 15 is 0 Å². The van der Waals surface area contributed by atoms with Crippen molar-refractivity contribution in [3.05, 3.63) is 71.8 Å². The minimum atomic E-state index is -4.34. The zero-order valence-corrected chi connectivity index (χ0v) is 31.5. The third kappa shape index (κ3) is 8.80. The predicted molar refractivity (Wildman–Crippen MR) is 197 cm³/mol. The lowest BCUT2D eigenvalue weighted by Crippen LogP contribution is -2.58. The Labute approximate surface area is 315 Å². The second-order valence-electron chi connectivity index (χ2n) is 15.4. The number of nitrogen functional groups attached to an aromatic ring is 1. The number of nitrogens with two attached hydrogens (primary N) is 1. The molecule has 4 aliphatic rings. The van der Waals surface area contributed by atoms with Crippen LogP contribution in [0.2, 0.25) is 0 Å². The molecule has 2 fully saturated rings. The lowest BCUT2D eigenvalue weighted by Gasteiger charge is -2.30. The summed E-state index contributed by atoms with van der Waals surface area (Å²) in [7, 11) is -4.34. The Hall–Kier alpha value is -5.12. The van der Waals surface area contributed by atoms with Crippen molar-refractivity contribution in [2.45, 2.75) is 113 Å². The molecule has 3 heterocycles. The summed E-state index contributed by atoms with van der Waals surface area (Å²) < 4.78 is 40.0. The Kier molecular flexibility index (Phi) is 11.0. The smallest absolute Gasteiger partial charge is 0.410 e. The van der Waals surface area contributed by atoms with Crippen LogP contribution < -0.4 is 21.1 Å². The number of sulfonamides is 1. The third-order valence-electron chi connectivity index (χ3n) is 10.1. The van der Waals surface area contributed by atoms with Gasteiger partial charge >= 0.3 is 12.2 Å². The minimum Gasteiger partial charge on any atom is -0.444 e. The van der Waals surface area contributed by atoms with E-state index in [-0.39, 0.29) is 30.7 Å². The van der Waals surface area contributed by atoms with E-state index in [0.29, 0.717) is 31.6 Å². The Balaban J connectivity index is 1.26. The van der Waals surface area contributed by atoms with Crippen LogP contribution in [0.25, 0.3) is 0 Å². The average molecular weight is 765 g/mol. The quantitative estimate of drug-likeness (QED) is 0.258. The zero-order valence-electron chi connectivity index (χ0n) is 30.7. The van der Waals surface area contributed by atoms with Crippen molar-refractivity contribution in [2.75, 3.05) is 12.3 Å². The van der Waals surface area contributed by atoms with Crippen LogP contribution >= 0.6 is 0 Å². The lowest BCUT2D eigenvalue weighted by molar-refractivity contribution is -0.141. The standard InChI is InChI=1S/C38H48N6O9S/c1-37(2,3)53-35(48)40-30-14-8-6-4-5-7-13-26-20-38(26,34(47)42-54(50,51)29-17-15-27(39)16-18-29)41-32(45)31-19-28(23-44(31)33(30)46)52-36(49)43-21-24-11-9-10-12-25(24)22-43/h7,9-13,15-18,26,28,30-31H,4-6,8,14,19-23,39H2,1-3H3,(H,40,48)(H,41,45)(H,42,47)/b13-7-/t26-,28-,30+,31+,38-/m1/s1. The maximum absolute atomic E-state index is 14.4. The average Bonchev–Trinajstić information content (AvgIpc) is 3.40. The van der Waals surface area contributed by atoms with Crippen molar-refractivity contribution in [1.82, 2.24) is 25.2 Å². The fraction of sp³-hybridized carbons (Fsp3) is 0.500. The van der Waals surface area contributed by atoms with Crippen molar-refractivity contribution < 1.29 is 41.9 Å². The molecular weight excluding hydrogens is 717 g/mol. The van der Waals surface area contributed by atoms with Gasteiger partial charge in [0.15, 0.2) is 0 Å². The highest BCUT2D eigenvalue weighted by Crippen LogP contribution is 2.46. The van der Waals surface area contributed by atoms with E-state index in [0.717, 1.165) is 24.0 Å². The van der Waals surface area contributed by atoms with Crippen LogP contribution in [0.3, 0.4) is 0 Å². The number of ether oxygens (including phenoxy) is 2. The van der Waals surface area contributed by atoms with Crippen LogP contribution in [-0.2, 0) is 47.0 Å². The minimum absolute atomic E-state index is 0.0921. The van der Waals surface area contributed by atoms with Crippen LogP contribution in [0.1, 0.15) is 76.8 Å². The first-order chi connectivity index (χ1) is 25.5. The number of hydrogen-bond donors (Lipinski definition) is 4. The molecule has 1 saturated heterocycles. The van der Waals surface area contributed by atoms with Gasteiger partial charge in [-0.15, -0.1) is 0 Å². The Morgan fingerprint density at radius 3 is 2.33 bits per heavy atom. The van der Waals surface area contributed by atoms with Crippen molar-refractivity contribution in [3.8, 4) is 0 Å². The summed E-state index contributed by atoms with van der Waals surface area (Å²) >= 11 is 0. The van der Waals surface area contributed by atoms with E-state index in [9.17, 15) is 32.4 Å². The summed E-state index contributed by atoms with van der Waals surface area (Å²) in [5.41, 5.74) is 5.59. The lowest BCUT2D eigenvalue weighted by atomic mass is 10.0. The third-order valence-corrected chi connectivity index (χ3v) is 11.5. The molecule has 5 N–H and O–H groups in total. The number of nitrogens with zero attached hydrogens (tertiary/aromatic N) is 2. The second kappa shape index (κ2) is 15.3. The molecule has 290 valence electrons. The normalized spacial score (nSPS) is 26.5. The summed E-state index contributed by atoms with van der Waals surface area (Å²) in [6.07, 6.45) is 4.40. The fourth-order valence-electron chi connectivity index (χ4n) is 7.21. The van der Waals surface area contributed by atoms with Gasteiger partial charge in [0.1, 0.15) is 29.3 Å². The van der Waals surface area contributed by atoms with Crippen LogP contribution in [-0.4, -0.2) is 84.0 Å². The van der Waals surface area contributed by atoms with Gasteiger partial charge in [-0.25, -0.2) is 22.7 Å². The van der Waals surface area contributed by atoms with Gasteiger partial charge in [-0.3, -0.25) is 19.3 Å². The molecule has 0 aromatic heterocycles. The van der Waals surface area contributed by atoms with Crippen molar-refractivity contribution in [2.24, 2.45) is 5.92 Å². The van der Waals surface area contributed by atoms with E-state index in [2.05, 4.69) is 15.4 Å². The Morgan fingerprint density at radius 2 is 1.67 bits per heavy atom. The van der Waals surface area contributed by atoms with Gasteiger partial charge in [0.05, 0.1) is 11.4 Å². The van der Waals surface area contributed by atoms with Crippen molar-refractivity contribution in [1.29, 1.82) is 0 Å². The molecule has 2 aromatic rings. The number of alkyl carbamates (subject to hydrolysis) is 1. The number of benzene rings is 2. The molecule has 1 saturated carbocycles. The van der Waals surface area contributed by atoms with Gasteiger partial charge in [0.2, 0.25) is 11.8 Å². The molecule has 6 rings (SSSR count). The first-order valence-corrected chi connectivity index (χ1v) is 19.8. The van der Waals surface area contributed by atoms with Gasteiger partial charge in [0.25, 0.3) is 15.9 Å². The molecule has 5 atom stereocenters. The largest absolute Gasteiger partial charge is 0.444 e. The van der Waals surface area contributed by atoms with Crippen LogP contribution in [0.5, 0.6) is 0 Å². The SMILES string of the molecule is CC(C)(C)OC(=O)N[C@H]1CCCCC/C=C\[C@@H]2C[C@@]2(C(=O)NS(=O)(=O)c2ccc(N)cc2)NC(=O)[C@@H]2C[C@@H](OC(=O)N3Cc4ccccc4C3)CN2C1=O. The zero-order chi connectivity index (χ0) is 38.8. The molecule has 0 radical (unpaired) electrons. The molecule has 1 aliphatic carbocycles. The molecule has 16 heteroatoms. The predicted octanol–water partition coefficient (Wildman–Crippen LogP) is 3.48. The molecule has 3 aliphatic heterocycles. The highest BCUT2D eigenvalue weighted by atomic mass is 32.2. The van der Waals surface area contributed by atoms with E-state index in [1.165, 1.54) is 34.1 Å². The molecule has 0 spiro atoms. The number of rotatable bonds is 5. The number of fused-ring (bicyclic) bond motifs is 3. The fourth-order valence-corrected chi connectivity index (χ4v) is 8.25. The highest BCUT2D eigenvalue weighted by Gasteiger charge is 2.61. The molecule has 0 bridgehead atoms. The molecule has 0 unspecified atom stereocenters. The maximum Gasteiger partial charge on any atom is 0.410 e. The highest BCUT2D eigenvalue weighted by molar-refractivity contribution is 7.90. The number of hydrogen-bond acceptors (Lipinski definition) is 10. The van der Waals surface area contributed by atoms with E-state index in [1.54, 1.807) is 26.8 Å². The number of amides is 5. The van der Waals surface area contributed by atoms with Crippen LogP contribution in [0, 0.1) is 5.92 Å². The molecular formula is C38H48N6O9S. The van der Waals surface area contributed by atoms with E-state index < -0.39 is 75.2 Å². The first-order valence-electron chi connectivity index (χ1n) is 18.3. The summed E-state index contributed by atoms with van der Waals surface area (Å²) in [4.78, 5) is 71.5. The Morgan fingerprint density at radius 1 is 0.981 bits per heavy atom. The van der Waals surface area contributed by atoms with E-state index in [1.807, 2.05) is 30.3 Å². The second-order valence-corrected chi connectivity index (χ2v) is 17.1. The molecule has 54 heavy (non-hydrogen) atoms. The Bertz CT molecular complexity index is 1900. The molecule has 2 aromatic carbocycles. The summed E-state index contributed by atoms with van der Waals surface area (Å²) in [6.45, 7) is 5.66. The van der Waals surface area contributed by atoms with Gasteiger partial charge in [-0.2, -0.15) is 0 Å². The molecule has 5 amide bonds.